The number of hydrogen-bond donors (Lipinski definition) is 2. The van der Waals surface area contributed by atoms with Crippen molar-refractivity contribution in [3.05, 3.63) is 0 Å². The molecule has 0 aromatic heterocycles. The van der Waals surface area contributed by atoms with Crippen LogP contribution >= 0.6 is 12.2 Å². The van der Waals surface area contributed by atoms with E-state index in [9.17, 15) is 0 Å². The minimum atomic E-state index is 0.427. The molecule has 70 valence electrons. The van der Waals surface area contributed by atoms with E-state index < -0.39 is 0 Å². The summed E-state index contributed by atoms with van der Waals surface area (Å²) >= 11 is 4.74. The van der Waals surface area contributed by atoms with Crippen LogP contribution in [0.2, 0.25) is 0 Å². The summed E-state index contributed by atoms with van der Waals surface area (Å²) in [7, 11) is 0. The summed E-state index contributed by atoms with van der Waals surface area (Å²) in [5.74, 6) is 0. The van der Waals surface area contributed by atoms with Crippen LogP contribution in [-0.2, 0) is 0 Å². The molecule has 0 radical (unpaired) electrons. The maximum Gasteiger partial charge on any atom is 0.163 e. The van der Waals surface area contributed by atoms with E-state index in [0.717, 1.165) is 6.54 Å². The Morgan fingerprint density at radius 3 is 2.58 bits per heavy atom. The van der Waals surface area contributed by atoms with Crippen molar-refractivity contribution in [2.45, 2.75) is 39.0 Å². The molecule has 3 heteroatoms. The second-order valence-electron chi connectivity index (χ2n) is 4.06. The van der Waals surface area contributed by atoms with Gasteiger partial charge in [0.15, 0.2) is 5.11 Å². The van der Waals surface area contributed by atoms with Crippen molar-refractivity contribution in [3.8, 4) is 0 Å². The normalized spacial score (nSPS) is 20.8. The molecule has 0 aromatic rings. The summed E-state index contributed by atoms with van der Waals surface area (Å²) in [5.41, 5.74) is 5.89. The third kappa shape index (κ3) is 2.97. The molecule has 1 aliphatic rings. The summed E-state index contributed by atoms with van der Waals surface area (Å²) in [6.07, 6.45) is 6.72. The van der Waals surface area contributed by atoms with Crippen LogP contribution < -0.4 is 11.1 Å². The number of nitrogens with one attached hydrogen (secondary N) is 1. The molecule has 1 fully saturated rings. The highest BCUT2D eigenvalue weighted by Crippen LogP contribution is 2.39. The zero-order valence-electron chi connectivity index (χ0n) is 7.73. The van der Waals surface area contributed by atoms with Crippen molar-refractivity contribution in [3.63, 3.8) is 0 Å². The van der Waals surface area contributed by atoms with E-state index in [4.69, 9.17) is 18.0 Å². The first-order valence-corrected chi connectivity index (χ1v) is 5.07. The minimum Gasteiger partial charge on any atom is -0.376 e. The Balaban J connectivity index is 2.17. The summed E-state index contributed by atoms with van der Waals surface area (Å²) < 4.78 is 0. The average molecular weight is 186 g/mol. The highest BCUT2D eigenvalue weighted by molar-refractivity contribution is 7.80. The minimum absolute atomic E-state index is 0.427. The van der Waals surface area contributed by atoms with Crippen molar-refractivity contribution < 1.29 is 0 Å². The lowest BCUT2D eigenvalue weighted by atomic mass is 9.85. The summed E-state index contributed by atoms with van der Waals surface area (Å²) in [6, 6.07) is 0. The Kier molecular flexibility index (Phi) is 3.32. The van der Waals surface area contributed by atoms with Gasteiger partial charge >= 0.3 is 0 Å². The van der Waals surface area contributed by atoms with Crippen LogP contribution in [0.15, 0.2) is 0 Å². The van der Waals surface area contributed by atoms with Gasteiger partial charge in [-0.3, -0.25) is 0 Å². The Hall–Kier alpha value is -0.310. The Morgan fingerprint density at radius 1 is 1.50 bits per heavy atom. The van der Waals surface area contributed by atoms with Crippen molar-refractivity contribution in [1.29, 1.82) is 0 Å². The van der Waals surface area contributed by atoms with Gasteiger partial charge in [0.25, 0.3) is 0 Å². The van der Waals surface area contributed by atoms with Crippen molar-refractivity contribution in [2.24, 2.45) is 11.1 Å². The summed E-state index contributed by atoms with van der Waals surface area (Å²) in [4.78, 5) is 0. The van der Waals surface area contributed by atoms with Crippen LogP contribution in [-0.4, -0.2) is 11.7 Å². The third-order valence-corrected chi connectivity index (χ3v) is 2.98. The number of hydrogen-bond acceptors (Lipinski definition) is 1. The third-order valence-electron chi connectivity index (χ3n) is 2.84. The van der Waals surface area contributed by atoms with Gasteiger partial charge in [-0.2, -0.15) is 0 Å². The molecule has 0 aromatic carbocycles. The lowest BCUT2D eigenvalue weighted by molar-refractivity contribution is 0.309. The zero-order chi connectivity index (χ0) is 9.03. The van der Waals surface area contributed by atoms with Gasteiger partial charge in [0.2, 0.25) is 0 Å². The van der Waals surface area contributed by atoms with Crippen molar-refractivity contribution in [2.75, 3.05) is 6.54 Å². The van der Waals surface area contributed by atoms with E-state index in [1.807, 2.05) is 0 Å². The molecule has 0 aliphatic heterocycles. The Labute approximate surface area is 79.9 Å². The molecule has 12 heavy (non-hydrogen) atoms. The monoisotopic (exact) mass is 186 g/mol. The van der Waals surface area contributed by atoms with Crippen LogP contribution in [0.3, 0.4) is 0 Å². The average Bonchev–Trinajstić information content (AvgIpc) is 2.35. The van der Waals surface area contributed by atoms with Gasteiger partial charge < -0.3 is 11.1 Å². The topological polar surface area (TPSA) is 38.0 Å². The van der Waals surface area contributed by atoms with Gasteiger partial charge in [-0.05, 0) is 36.9 Å². The molecule has 2 nitrogen and oxygen atoms in total. The van der Waals surface area contributed by atoms with Gasteiger partial charge in [0.1, 0.15) is 0 Å². The lowest BCUT2D eigenvalue weighted by Gasteiger charge is -2.23. The van der Waals surface area contributed by atoms with E-state index in [0.29, 0.717) is 10.5 Å². The number of thiocarbonyl (C=S) groups is 1. The SMILES string of the molecule is CC1(CCNC(N)=S)CCCC1. The largest absolute Gasteiger partial charge is 0.376 e. The zero-order valence-corrected chi connectivity index (χ0v) is 8.54. The molecule has 0 bridgehead atoms. The molecule has 0 unspecified atom stereocenters. The first kappa shape index (κ1) is 9.78. The van der Waals surface area contributed by atoms with E-state index in [1.54, 1.807) is 0 Å². The Bertz CT molecular complexity index is 162. The smallest absolute Gasteiger partial charge is 0.163 e. The van der Waals surface area contributed by atoms with Gasteiger partial charge in [0, 0.05) is 6.54 Å². The molecule has 0 amide bonds. The van der Waals surface area contributed by atoms with E-state index in [2.05, 4.69) is 12.2 Å². The first-order valence-electron chi connectivity index (χ1n) is 4.66. The first-order chi connectivity index (χ1) is 5.62. The fourth-order valence-electron chi connectivity index (χ4n) is 1.97. The molecule has 1 rings (SSSR count). The van der Waals surface area contributed by atoms with Crippen LogP contribution in [0.4, 0.5) is 0 Å². The summed E-state index contributed by atoms with van der Waals surface area (Å²) in [6.45, 7) is 3.30. The van der Waals surface area contributed by atoms with E-state index in [-0.39, 0.29) is 0 Å². The van der Waals surface area contributed by atoms with E-state index in [1.165, 1.54) is 32.1 Å². The molecular formula is C9H18N2S. The summed E-state index contributed by atoms with van der Waals surface area (Å²) in [5, 5.41) is 3.43. The Morgan fingerprint density at radius 2 is 2.08 bits per heavy atom. The highest BCUT2D eigenvalue weighted by Gasteiger charge is 2.27. The van der Waals surface area contributed by atoms with Crippen molar-refractivity contribution >= 4 is 17.3 Å². The molecular weight excluding hydrogens is 168 g/mol. The maximum absolute atomic E-state index is 5.34. The van der Waals surface area contributed by atoms with E-state index >= 15 is 0 Å². The highest BCUT2D eigenvalue weighted by atomic mass is 32.1. The number of rotatable bonds is 3. The fraction of sp³-hybridized carbons (Fsp3) is 0.889. The second kappa shape index (κ2) is 4.08. The van der Waals surface area contributed by atoms with Crippen LogP contribution in [0, 0.1) is 5.41 Å². The maximum atomic E-state index is 5.34. The quantitative estimate of drug-likeness (QED) is 0.660. The predicted molar refractivity (Wildman–Crippen MR) is 56.0 cm³/mol. The van der Waals surface area contributed by atoms with Crippen LogP contribution in [0.25, 0.3) is 0 Å². The molecule has 1 saturated carbocycles. The standard InChI is InChI=1S/C9H18N2S/c1-9(4-2-3-5-9)6-7-11-8(10)12/h2-7H2,1H3,(H3,10,11,12). The van der Waals surface area contributed by atoms with Gasteiger partial charge in [-0.1, -0.05) is 19.8 Å². The molecule has 1 aliphatic carbocycles. The van der Waals surface area contributed by atoms with Gasteiger partial charge in [-0.15, -0.1) is 0 Å². The van der Waals surface area contributed by atoms with Crippen molar-refractivity contribution in [1.82, 2.24) is 5.32 Å². The molecule has 0 saturated heterocycles. The van der Waals surface area contributed by atoms with Gasteiger partial charge in [0.05, 0.1) is 0 Å². The number of nitrogens with two attached hydrogens (primary N) is 1. The predicted octanol–water partition coefficient (Wildman–Crippen LogP) is 1.79. The molecule has 0 atom stereocenters. The van der Waals surface area contributed by atoms with Gasteiger partial charge in [-0.25, -0.2) is 0 Å². The second-order valence-corrected chi connectivity index (χ2v) is 4.50. The fourth-order valence-corrected chi connectivity index (χ4v) is 2.07. The molecule has 0 spiro atoms. The molecule has 3 N–H and O–H groups in total. The van der Waals surface area contributed by atoms with Crippen LogP contribution in [0.1, 0.15) is 39.0 Å². The molecule has 0 heterocycles. The van der Waals surface area contributed by atoms with Crippen LogP contribution in [0.5, 0.6) is 0 Å². The lowest BCUT2D eigenvalue weighted by Crippen LogP contribution is -2.32.